The van der Waals surface area contributed by atoms with Crippen LogP contribution in [0.25, 0.3) is 0 Å². The first-order valence-electron chi connectivity index (χ1n) is 61.9. The van der Waals surface area contributed by atoms with Gasteiger partial charge in [0.1, 0.15) is 34.5 Å². The zero-order valence-electron chi connectivity index (χ0n) is 95.0. The predicted octanol–water partition coefficient (Wildman–Crippen LogP) is 40.7. The normalized spacial score (nSPS) is 16.3. The number of hydrogen-bond donors (Lipinski definition) is 0. The molecule has 0 heterocycles. The van der Waals surface area contributed by atoms with E-state index in [9.17, 15) is 0 Å². The van der Waals surface area contributed by atoms with E-state index in [-0.39, 0.29) is 34.5 Å². The average molecular weight is 2000 g/mol. The molecule has 0 saturated carbocycles. The van der Waals surface area contributed by atoms with Crippen LogP contribution in [0, 0.1) is 61.2 Å². The second kappa shape index (κ2) is 65.3. The van der Waals surface area contributed by atoms with Crippen molar-refractivity contribution < 1.29 is 28.4 Å². The van der Waals surface area contributed by atoms with E-state index in [4.69, 9.17) is 28.4 Å². The minimum atomic E-state index is -0.112. The van der Waals surface area contributed by atoms with E-state index < -0.39 is 0 Å². The Morgan fingerprint density at radius 3 is 0.595 bits per heavy atom. The van der Waals surface area contributed by atoms with Crippen LogP contribution >= 0.6 is 0 Å². The van der Waals surface area contributed by atoms with Gasteiger partial charge in [0.15, 0.2) is 0 Å². The quantitative estimate of drug-likeness (QED) is 0.0280. The van der Waals surface area contributed by atoms with E-state index >= 15 is 0 Å². The molecular formula is C142H196O6. The molecule has 0 fully saturated rings. The van der Waals surface area contributed by atoms with Crippen LogP contribution in [0.1, 0.15) is 601 Å². The van der Waals surface area contributed by atoms with Crippen LogP contribution < -0.4 is 28.4 Å². The third-order valence-electron chi connectivity index (χ3n) is 33.8. The van der Waals surface area contributed by atoms with Crippen molar-refractivity contribution in [1.29, 1.82) is 0 Å². The Kier molecular flexibility index (Phi) is 51.1. The lowest BCUT2D eigenvalue weighted by atomic mass is 9.42. The third-order valence-corrected chi connectivity index (χ3v) is 33.8. The number of hydrogen-bond acceptors (Lipinski definition) is 6. The predicted molar refractivity (Wildman–Crippen MR) is 630 cm³/mol. The van der Waals surface area contributed by atoms with Gasteiger partial charge in [-0.15, -0.1) is 11.8 Å². The van der Waals surface area contributed by atoms with Gasteiger partial charge in [-0.2, -0.15) is 0 Å². The van der Waals surface area contributed by atoms with Crippen molar-refractivity contribution in [2.45, 2.75) is 515 Å². The van der Waals surface area contributed by atoms with Crippen LogP contribution in [-0.4, -0.2) is 39.6 Å². The highest BCUT2D eigenvalue weighted by Gasteiger charge is 2.74. The van der Waals surface area contributed by atoms with Crippen LogP contribution in [0.3, 0.4) is 0 Å². The smallest absolute Gasteiger partial charge is 0.136 e. The summed E-state index contributed by atoms with van der Waals surface area (Å²) in [6, 6.07) is 50.3. The van der Waals surface area contributed by atoms with Crippen molar-refractivity contribution in [3.63, 3.8) is 0 Å². The van der Waals surface area contributed by atoms with Crippen molar-refractivity contribution >= 4 is 0 Å². The second-order valence-corrected chi connectivity index (χ2v) is 45.1. The molecular weight excluding hydrogens is 1800 g/mol. The number of ether oxygens (including phenoxy) is 6. The zero-order chi connectivity index (χ0) is 103. The van der Waals surface area contributed by atoms with E-state index in [1.54, 1.807) is 0 Å². The average Bonchev–Trinajstić information content (AvgIpc) is 1.43. The molecule has 0 N–H and O–H groups in total. The van der Waals surface area contributed by atoms with Gasteiger partial charge in [0.05, 0.1) is 61.9 Å². The molecule has 6 aliphatic carbocycles. The van der Waals surface area contributed by atoms with E-state index in [2.05, 4.69) is 236 Å². The molecule has 6 unspecified atom stereocenters. The molecule has 6 heteroatoms. The summed E-state index contributed by atoms with van der Waals surface area (Å²) < 4.78 is 39.8. The Morgan fingerprint density at radius 2 is 0.372 bits per heavy atom. The Hall–Kier alpha value is -9.20. The number of benzene rings is 8. The van der Waals surface area contributed by atoms with Crippen LogP contribution in [0.5, 0.6) is 34.5 Å². The van der Waals surface area contributed by atoms with Crippen molar-refractivity contribution in [2.75, 3.05) is 39.6 Å². The fourth-order valence-electron chi connectivity index (χ4n) is 25.8. The summed E-state index contributed by atoms with van der Waals surface area (Å²) >= 11 is 0. The van der Waals surface area contributed by atoms with Crippen molar-refractivity contribution in [2.24, 2.45) is 0 Å². The van der Waals surface area contributed by atoms with Gasteiger partial charge in [-0.05, 0) is 168 Å². The van der Waals surface area contributed by atoms with Crippen molar-refractivity contribution in [1.82, 2.24) is 0 Å². The molecule has 800 valence electrons. The number of aryl methyl sites for hydroxylation is 2. The fourth-order valence-corrected chi connectivity index (χ4v) is 25.8. The Morgan fingerprint density at radius 1 is 0.196 bits per heavy atom. The van der Waals surface area contributed by atoms with Crippen molar-refractivity contribution in [3.8, 4) is 81.9 Å². The first-order valence-corrected chi connectivity index (χ1v) is 61.9. The minimum Gasteiger partial charge on any atom is -0.493 e. The summed E-state index contributed by atoms with van der Waals surface area (Å²) in [5.41, 5.74) is 25.5. The largest absolute Gasteiger partial charge is 0.493 e. The SMILES string of the molecule is CC#Cc1c2c(c(C#Cc3cc(OCCCCCCCCCCCCCC)c(C)cc3OCCCCCCCCCCCCCC)c3c1C1c4ccccc4C14c1ccccc1C34)C1c3ccccc3C13c1ccccc1C23.CC#Cc1cc(OCCCCCCCCCCCCCCCC)c(C#Cc2cc(OCCCCCCCC)c(C)cc2OCCCCCCCC)cc1OCCCCCCCCCCCCCCCC. The summed E-state index contributed by atoms with van der Waals surface area (Å²) in [7, 11) is 0. The first kappa shape index (κ1) is 116. The first-order chi connectivity index (χ1) is 73.2. The highest BCUT2D eigenvalue weighted by atomic mass is 16.5. The van der Waals surface area contributed by atoms with E-state index in [0.717, 1.165) is 120 Å². The maximum atomic E-state index is 6.90. The summed E-state index contributed by atoms with van der Waals surface area (Å²) in [4.78, 5) is 0. The van der Waals surface area contributed by atoms with E-state index in [0.29, 0.717) is 26.4 Å². The highest BCUT2D eigenvalue weighted by molar-refractivity contribution is 5.90. The molecule has 6 nitrogen and oxygen atoms in total. The molecule has 0 bridgehead atoms. The monoisotopic (exact) mass is 2000 g/mol. The van der Waals surface area contributed by atoms with Gasteiger partial charge in [-0.1, -0.05) is 547 Å². The summed E-state index contributed by atoms with van der Waals surface area (Å²) in [5, 5.41) is 0. The molecule has 0 amide bonds. The zero-order valence-corrected chi connectivity index (χ0v) is 95.0. The van der Waals surface area contributed by atoms with Gasteiger partial charge in [0.25, 0.3) is 0 Å². The summed E-state index contributed by atoms with van der Waals surface area (Å²) in [6.07, 6.45) is 84.2. The molecule has 148 heavy (non-hydrogen) atoms. The lowest BCUT2D eigenvalue weighted by Gasteiger charge is -2.59. The minimum absolute atomic E-state index is 0.112. The fraction of sp³-hybridized carbons (Fsp3) is 0.606. The number of fused-ring (bicyclic) bond motifs is 14. The maximum Gasteiger partial charge on any atom is 0.136 e. The van der Waals surface area contributed by atoms with Crippen LogP contribution in [0.4, 0.5) is 0 Å². The molecule has 6 aliphatic rings. The molecule has 0 aliphatic heterocycles. The van der Waals surface area contributed by atoms with Gasteiger partial charge in [0.2, 0.25) is 0 Å². The van der Waals surface area contributed by atoms with E-state index in [1.165, 1.54) is 450 Å². The Labute approximate surface area is 903 Å². The Bertz CT molecular complexity index is 5410. The molecule has 0 saturated heterocycles. The molecule has 0 aromatic heterocycles. The van der Waals surface area contributed by atoms with Crippen LogP contribution in [0.2, 0.25) is 0 Å². The topological polar surface area (TPSA) is 55.4 Å². The molecule has 8 aromatic rings. The lowest BCUT2D eigenvalue weighted by molar-refractivity contribution is 0.294. The molecule has 6 atom stereocenters. The summed E-state index contributed by atoms with van der Waals surface area (Å²) in [6.45, 7) is 26.2. The second-order valence-electron chi connectivity index (χ2n) is 45.1. The maximum absolute atomic E-state index is 6.90. The number of rotatable bonds is 76. The van der Waals surface area contributed by atoms with Gasteiger partial charge < -0.3 is 28.4 Å². The van der Waals surface area contributed by atoms with Gasteiger partial charge in [0, 0.05) is 57.8 Å². The van der Waals surface area contributed by atoms with Crippen LogP contribution in [-0.2, 0) is 10.8 Å². The van der Waals surface area contributed by atoms with E-state index in [1.807, 2.05) is 13.8 Å². The molecule has 14 rings (SSSR count). The molecule has 2 spiro atoms. The molecule has 8 aromatic carbocycles. The highest BCUT2D eigenvalue weighted by Crippen LogP contribution is 2.83. The van der Waals surface area contributed by atoms with Crippen LogP contribution in [0.15, 0.2) is 133 Å². The lowest BCUT2D eigenvalue weighted by Crippen LogP contribution is -2.53. The third kappa shape index (κ3) is 31.1. The number of unbranched alkanes of at least 4 members (excludes halogenated alkanes) is 58. The van der Waals surface area contributed by atoms with Gasteiger partial charge >= 0.3 is 0 Å². The summed E-state index contributed by atoms with van der Waals surface area (Å²) in [5.74, 6) is 35.2. The van der Waals surface area contributed by atoms with Gasteiger partial charge in [-0.3, -0.25) is 0 Å². The molecule has 0 radical (unpaired) electrons. The van der Waals surface area contributed by atoms with Gasteiger partial charge in [-0.25, -0.2) is 0 Å². The van der Waals surface area contributed by atoms with Crippen molar-refractivity contribution in [3.05, 3.63) is 245 Å². The Balaban J connectivity index is 0.000000249. The standard InChI is InChI=1S/C76H86O2.C66H110O4/c1-5-8-10-12-14-16-18-20-22-24-26-36-49-77-65-52-54(66(51-53(65)4)78-50-37-27-25-23-21-19-17-15-13-11-9-6-2)47-48-60-69-67(71-55-39-28-32-43-61(55)75(71)63-45-34-30-41-57(63)73(69)75)59(38-7-3)68-70(60)74-58-42-31-35-46-64(58)76(74)62-44-33-29-40-56(62)72(68)76;1-7-12-16-20-24-26-28-30-32-34-36-38-42-46-53-69-65-58-62(66(57-60(65)48-11-5)70-54-47-43-39-37-35-33-31-29-27-25-21-17-13-8-2)50-49-61-56-63(67-51-44-40-22-18-14-9-3)59(6)55-64(61)68-52-45-41-23-19-15-10-4/h28-35,39-46,51-52,71-74H,5-6,8-27,36-37,49-50H2,1-4H3;55-58H,7-10,12-47,51-54H2,1-6H3.